The molecule has 1 aliphatic carbocycles. The number of nitrogens with zero attached hydrogens (tertiary/aromatic N) is 2. The van der Waals surface area contributed by atoms with Gasteiger partial charge in [-0.15, -0.1) is 0 Å². The minimum atomic E-state index is -0.736. The van der Waals surface area contributed by atoms with Gasteiger partial charge >= 0.3 is 5.97 Å². The van der Waals surface area contributed by atoms with Gasteiger partial charge in [-0.3, -0.25) is 4.79 Å². The number of hydrogen-bond acceptors (Lipinski definition) is 7. The largest absolute Gasteiger partial charge is 0.468 e. The molecule has 2 aromatic rings. The quantitative estimate of drug-likeness (QED) is 0.530. The van der Waals surface area contributed by atoms with Crippen molar-refractivity contribution in [3.8, 4) is 0 Å². The Morgan fingerprint density at radius 3 is 2.96 bits per heavy atom. The van der Waals surface area contributed by atoms with Gasteiger partial charge in [0.2, 0.25) is 0 Å². The third kappa shape index (κ3) is 4.13. The summed E-state index contributed by atoms with van der Waals surface area (Å²) in [5.41, 5.74) is 13.5. The molecule has 0 saturated heterocycles. The van der Waals surface area contributed by atoms with Crippen molar-refractivity contribution in [3.63, 3.8) is 0 Å². The SMILES string of the molecule is COC(=O)C(N)CSSc1ncc(CN)n1C1CCc2c(F)cc(F)cc21. The number of aromatic nitrogens is 2. The average molecular weight is 415 g/mol. The maximum Gasteiger partial charge on any atom is 0.323 e. The van der Waals surface area contributed by atoms with Gasteiger partial charge in [-0.1, -0.05) is 10.8 Å². The summed E-state index contributed by atoms with van der Waals surface area (Å²) < 4.78 is 34.4. The number of carbonyl (C=O) groups is 1. The van der Waals surface area contributed by atoms with Gasteiger partial charge in [-0.25, -0.2) is 13.8 Å². The van der Waals surface area contributed by atoms with Crippen molar-refractivity contribution in [1.82, 2.24) is 9.55 Å². The van der Waals surface area contributed by atoms with E-state index in [2.05, 4.69) is 9.72 Å². The fourth-order valence-corrected chi connectivity index (χ4v) is 5.40. The number of ether oxygens (including phenoxy) is 1. The smallest absolute Gasteiger partial charge is 0.323 e. The van der Waals surface area contributed by atoms with E-state index >= 15 is 0 Å². The van der Waals surface area contributed by atoms with Crippen LogP contribution in [0.1, 0.15) is 29.3 Å². The zero-order chi connectivity index (χ0) is 19.6. The molecule has 146 valence electrons. The second-order valence-electron chi connectivity index (χ2n) is 6.11. The molecule has 0 bridgehead atoms. The highest BCUT2D eigenvalue weighted by atomic mass is 33.1. The molecular formula is C17H20F2N4O2S2. The first-order valence-electron chi connectivity index (χ1n) is 8.33. The Kier molecular flexibility index (Phi) is 6.40. The number of halogens is 2. The van der Waals surface area contributed by atoms with E-state index in [1.54, 1.807) is 6.20 Å². The molecule has 3 rings (SSSR count). The number of benzene rings is 1. The van der Waals surface area contributed by atoms with Gasteiger partial charge in [0.1, 0.15) is 17.7 Å². The maximum absolute atomic E-state index is 14.1. The monoisotopic (exact) mass is 414 g/mol. The summed E-state index contributed by atoms with van der Waals surface area (Å²) in [7, 11) is 4.00. The molecule has 0 saturated carbocycles. The summed E-state index contributed by atoms with van der Waals surface area (Å²) in [5.74, 6) is -1.26. The van der Waals surface area contributed by atoms with Crippen LogP contribution in [-0.4, -0.2) is 34.4 Å². The topological polar surface area (TPSA) is 96.2 Å². The van der Waals surface area contributed by atoms with Gasteiger partial charge in [0, 0.05) is 18.4 Å². The van der Waals surface area contributed by atoms with Crippen LogP contribution < -0.4 is 11.5 Å². The predicted octanol–water partition coefficient (Wildman–Crippen LogP) is 2.40. The van der Waals surface area contributed by atoms with Crippen LogP contribution in [0.2, 0.25) is 0 Å². The summed E-state index contributed by atoms with van der Waals surface area (Å²) in [6, 6.07) is 1.33. The van der Waals surface area contributed by atoms with Gasteiger partial charge in [-0.2, -0.15) is 0 Å². The van der Waals surface area contributed by atoms with Gasteiger partial charge < -0.3 is 20.8 Å². The van der Waals surface area contributed by atoms with E-state index in [0.717, 1.165) is 11.8 Å². The minimum Gasteiger partial charge on any atom is -0.468 e. The molecule has 0 fully saturated rings. The van der Waals surface area contributed by atoms with Gasteiger partial charge in [0.15, 0.2) is 5.16 Å². The average Bonchev–Trinajstić information content (AvgIpc) is 3.24. The van der Waals surface area contributed by atoms with Gasteiger partial charge in [-0.05, 0) is 40.8 Å². The third-order valence-corrected chi connectivity index (χ3v) is 6.74. The van der Waals surface area contributed by atoms with Crippen molar-refractivity contribution < 1.29 is 18.3 Å². The third-order valence-electron chi connectivity index (χ3n) is 4.47. The number of rotatable bonds is 7. The number of esters is 1. The molecule has 6 nitrogen and oxygen atoms in total. The van der Waals surface area contributed by atoms with E-state index in [0.29, 0.717) is 34.9 Å². The number of nitrogens with two attached hydrogens (primary N) is 2. The standard InChI is InChI=1S/C17H20F2N4O2S2/c1-25-16(24)14(21)8-26-27-17-22-7-10(6-20)23(17)15-3-2-11-12(15)4-9(18)5-13(11)19/h4-5,7,14-15H,2-3,6,8,20-21H2,1H3. The van der Waals surface area contributed by atoms with Crippen molar-refractivity contribution in [3.05, 3.63) is 46.8 Å². The van der Waals surface area contributed by atoms with Crippen molar-refractivity contribution in [2.45, 2.75) is 36.6 Å². The Morgan fingerprint density at radius 2 is 2.26 bits per heavy atom. The fourth-order valence-electron chi connectivity index (χ4n) is 3.19. The van der Waals surface area contributed by atoms with Crippen LogP contribution in [0.25, 0.3) is 0 Å². The lowest BCUT2D eigenvalue weighted by molar-refractivity contribution is -0.141. The molecule has 2 unspecified atom stereocenters. The van der Waals surface area contributed by atoms with Crippen molar-refractivity contribution >= 4 is 27.6 Å². The number of carbonyl (C=O) groups excluding carboxylic acids is 1. The fraction of sp³-hybridized carbons (Fsp3) is 0.412. The highest BCUT2D eigenvalue weighted by Gasteiger charge is 2.30. The Bertz CT molecular complexity index is 847. The van der Waals surface area contributed by atoms with Crippen LogP contribution in [0.3, 0.4) is 0 Å². The van der Waals surface area contributed by atoms with E-state index in [1.165, 1.54) is 34.8 Å². The van der Waals surface area contributed by atoms with Gasteiger partial charge in [0.05, 0.1) is 25.0 Å². The van der Waals surface area contributed by atoms with Crippen LogP contribution in [0.4, 0.5) is 8.78 Å². The lowest BCUT2D eigenvalue weighted by Gasteiger charge is -2.19. The molecule has 1 aliphatic rings. The molecular weight excluding hydrogens is 394 g/mol. The molecule has 0 amide bonds. The van der Waals surface area contributed by atoms with Crippen LogP contribution in [0, 0.1) is 11.6 Å². The van der Waals surface area contributed by atoms with Crippen LogP contribution in [-0.2, 0) is 22.5 Å². The van der Waals surface area contributed by atoms with Crippen molar-refractivity contribution in [1.29, 1.82) is 0 Å². The predicted molar refractivity (Wildman–Crippen MR) is 101 cm³/mol. The molecule has 0 spiro atoms. The van der Waals surface area contributed by atoms with Crippen LogP contribution >= 0.6 is 21.6 Å². The number of fused-ring (bicyclic) bond motifs is 1. The maximum atomic E-state index is 14.1. The van der Waals surface area contributed by atoms with E-state index in [4.69, 9.17) is 11.5 Å². The zero-order valence-electron chi connectivity index (χ0n) is 14.7. The van der Waals surface area contributed by atoms with Crippen molar-refractivity contribution in [2.24, 2.45) is 11.5 Å². The Balaban J connectivity index is 1.83. The summed E-state index contributed by atoms with van der Waals surface area (Å²) in [5, 5.41) is 0.653. The molecule has 2 atom stereocenters. The zero-order valence-corrected chi connectivity index (χ0v) is 16.3. The molecule has 1 aromatic heterocycles. The molecule has 1 heterocycles. The highest BCUT2D eigenvalue weighted by molar-refractivity contribution is 8.76. The normalized spacial score (nSPS) is 17.0. The number of methoxy groups -OCH3 is 1. The molecule has 27 heavy (non-hydrogen) atoms. The molecule has 4 N–H and O–H groups in total. The summed E-state index contributed by atoms with van der Waals surface area (Å²) in [4.78, 5) is 15.8. The van der Waals surface area contributed by atoms with Crippen LogP contribution in [0.5, 0.6) is 0 Å². The second-order valence-corrected chi connectivity index (χ2v) is 8.42. The van der Waals surface area contributed by atoms with Gasteiger partial charge in [0.25, 0.3) is 0 Å². The highest BCUT2D eigenvalue weighted by Crippen LogP contribution is 2.41. The first-order chi connectivity index (χ1) is 13.0. The Hall–Kier alpha value is -1.62. The second kappa shape index (κ2) is 8.59. The number of imidazole rings is 1. The first-order valence-corrected chi connectivity index (χ1v) is 10.6. The number of hydrogen-bond donors (Lipinski definition) is 2. The van der Waals surface area contributed by atoms with Crippen molar-refractivity contribution in [2.75, 3.05) is 12.9 Å². The van der Waals surface area contributed by atoms with E-state index in [1.807, 2.05) is 4.57 Å². The molecule has 0 radical (unpaired) electrons. The Morgan fingerprint density at radius 1 is 1.48 bits per heavy atom. The minimum absolute atomic E-state index is 0.233. The molecule has 0 aliphatic heterocycles. The Labute approximate surface area is 163 Å². The first kappa shape index (κ1) is 20.1. The lowest BCUT2D eigenvalue weighted by Crippen LogP contribution is -2.33. The van der Waals surface area contributed by atoms with E-state index in [-0.39, 0.29) is 12.6 Å². The lowest BCUT2D eigenvalue weighted by atomic mass is 10.1. The summed E-state index contributed by atoms with van der Waals surface area (Å²) in [6.45, 7) is 0.254. The molecule has 1 aromatic carbocycles. The summed E-state index contributed by atoms with van der Waals surface area (Å²) in [6.07, 6.45) is 2.83. The van der Waals surface area contributed by atoms with E-state index in [9.17, 15) is 13.6 Å². The molecule has 10 heteroatoms. The van der Waals surface area contributed by atoms with E-state index < -0.39 is 23.6 Å². The van der Waals surface area contributed by atoms with Crippen LogP contribution in [0.15, 0.2) is 23.5 Å². The summed E-state index contributed by atoms with van der Waals surface area (Å²) >= 11 is 0.